The zero-order chi connectivity index (χ0) is 12.3. The number of aliphatic hydroxyl groups excluding tert-OH is 2. The summed E-state index contributed by atoms with van der Waals surface area (Å²) in [6.07, 6.45) is 2.32. The Morgan fingerprint density at radius 1 is 0.938 bits per heavy atom. The van der Waals surface area contributed by atoms with E-state index >= 15 is 0 Å². The standard InChI is InChI=1S/C9H22NO5P/c10-9-16(13,14-7-3-1-5-11)15-8-4-2-6-12/h11-12H,1-10H2. The Balaban J connectivity index is 3.69. The zero-order valence-corrected chi connectivity index (χ0v) is 10.4. The van der Waals surface area contributed by atoms with E-state index < -0.39 is 7.60 Å². The van der Waals surface area contributed by atoms with E-state index in [1.807, 2.05) is 0 Å². The summed E-state index contributed by atoms with van der Waals surface area (Å²) < 4.78 is 22.0. The molecule has 4 N–H and O–H groups in total. The van der Waals surface area contributed by atoms with Crippen molar-refractivity contribution in [2.45, 2.75) is 25.7 Å². The average Bonchev–Trinajstić information content (AvgIpc) is 2.31. The first kappa shape index (κ1) is 16.0. The lowest BCUT2D eigenvalue weighted by atomic mass is 10.3. The molecular weight excluding hydrogens is 233 g/mol. The summed E-state index contributed by atoms with van der Waals surface area (Å²) in [6.45, 7) is 0.728. The third-order valence-electron chi connectivity index (χ3n) is 1.90. The molecule has 0 heterocycles. The molecule has 0 aromatic rings. The van der Waals surface area contributed by atoms with Gasteiger partial charge in [-0.2, -0.15) is 0 Å². The summed E-state index contributed by atoms with van der Waals surface area (Å²) in [4.78, 5) is 0. The Kier molecular flexibility index (Phi) is 10.2. The normalized spacial score (nSPS) is 11.9. The van der Waals surface area contributed by atoms with Crippen molar-refractivity contribution in [3.8, 4) is 0 Å². The predicted octanol–water partition coefficient (Wildman–Crippen LogP) is 0.674. The maximum Gasteiger partial charge on any atom is 0.344 e. The van der Waals surface area contributed by atoms with Gasteiger partial charge in [0.2, 0.25) is 0 Å². The molecule has 0 saturated carbocycles. The minimum atomic E-state index is -3.17. The quantitative estimate of drug-likeness (QED) is 0.370. The van der Waals surface area contributed by atoms with Gasteiger partial charge in [-0.25, -0.2) is 0 Å². The number of nitrogens with two attached hydrogens (primary N) is 1. The highest BCUT2D eigenvalue weighted by molar-refractivity contribution is 7.53. The molecule has 0 aliphatic heterocycles. The summed E-state index contributed by atoms with van der Waals surface area (Å²) in [6, 6.07) is 0. The summed E-state index contributed by atoms with van der Waals surface area (Å²) >= 11 is 0. The Morgan fingerprint density at radius 3 is 1.69 bits per heavy atom. The number of hydrogen-bond acceptors (Lipinski definition) is 6. The largest absolute Gasteiger partial charge is 0.396 e. The Morgan fingerprint density at radius 2 is 1.38 bits per heavy atom. The second-order valence-corrected chi connectivity index (χ2v) is 5.42. The monoisotopic (exact) mass is 255 g/mol. The molecule has 0 saturated heterocycles. The van der Waals surface area contributed by atoms with E-state index in [9.17, 15) is 4.57 Å². The molecule has 0 aromatic heterocycles. The van der Waals surface area contributed by atoms with Gasteiger partial charge in [-0.15, -0.1) is 0 Å². The van der Waals surface area contributed by atoms with Gasteiger partial charge in [-0.05, 0) is 25.7 Å². The van der Waals surface area contributed by atoms with Gasteiger partial charge < -0.3 is 25.0 Å². The van der Waals surface area contributed by atoms with Crippen molar-refractivity contribution in [2.75, 3.05) is 32.7 Å². The van der Waals surface area contributed by atoms with Crippen molar-refractivity contribution in [3.05, 3.63) is 0 Å². The third-order valence-corrected chi connectivity index (χ3v) is 3.50. The van der Waals surface area contributed by atoms with E-state index in [-0.39, 0.29) is 32.7 Å². The minimum Gasteiger partial charge on any atom is -0.396 e. The van der Waals surface area contributed by atoms with Crippen LogP contribution in [0.1, 0.15) is 25.7 Å². The van der Waals surface area contributed by atoms with Crippen LogP contribution in [0.25, 0.3) is 0 Å². The molecule has 0 fully saturated rings. The van der Waals surface area contributed by atoms with Crippen LogP contribution in [0.4, 0.5) is 0 Å². The lowest BCUT2D eigenvalue weighted by molar-refractivity contribution is 0.186. The minimum absolute atomic E-state index is 0.0909. The van der Waals surface area contributed by atoms with Gasteiger partial charge >= 0.3 is 7.60 Å². The maximum absolute atomic E-state index is 11.8. The third kappa shape index (κ3) is 8.21. The highest BCUT2D eigenvalue weighted by Crippen LogP contribution is 2.46. The van der Waals surface area contributed by atoms with Gasteiger partial charge in [0.25, 0.3) is 0 Å². The number of rotatable bonds is 11. The first-order valence-electron chi connectivity index (χ1n) is 5.48. The average molecular weight is 255 g/mol. The molecule has 0 aliphatic rings. The van der Waals surface area contributed by atoms with Gasteiger partial charge in [0.1, 0.15) is 0 Å². The molecule has 0 spiro atoms. The van der Waals surface area contributed by atoms with Gasteiger partial charge in [-0.3, -0.25) is 4.57 Å². The van der Waals surface area contributed by atoms with Gasteiger partial charge in [0.05, 0.1) is 19.5 Å². The van der Waals surface area contributed by atoms with Crippen LogP contribution in [0.2, 0.25) is 0 Å². The second kappa shape index (κ2) is 10.2. The molecule has 98 valence electrons. The van der Waals surface area contributed by atoms with Crippen LogP contribution in [0, 0.1) is 0 Å². The molecule has 0 radical (unpaired) electrons. The lowest BCUT2D eigenvalue weighted by Gasteiger charge is -2.16. The van der Waals surface area contributed by atoms with E-state index in [1.54, 1.807) is 0 Å². The predicted molar refractivity (Wildman–Crippen MR) is 61.2 cm³/mol. The summed E-state index contributed by atoms with van der Waals surface area (Å²) in [5.41, 5.74) is 5.32. The molecule has 0 rings (SSSR count). The molecule has 6 nitrogen and oxygen atoms in total. The maximum atomic E-state index is 11.8. The Hall–Kier alpha value is 0.0300. The van der Waals surface area contributed by atoms with Crippen molar-refractivity contribution in [2.24, 2.45) is 5.73 Å². The van der Waals surface area contributed by atoms with Crippen LogP contribution in [-0.4, -0.2) is 42.9 Å². The van der Waals surface area contributed by atoms with Crippen molar-refractivity contribution in [1.29, 1.82) is 0 Å². The molecule has 0 aliphatic carbocycles. The first-order valence-corrected chi connectivity index (χ1v) is 7.21. The van der Waals surface area contributed by atoms with Crippen LogP contribution in [0.3, 0.4) is 0 Å². The SMILES string of the molecule is NCP(=O)(OCCCCO)OCCCCO. The molecule has 16 heavy (non-hydrogen) atoms. The van der Waals surface area contributed by atoms with E-state index in [2.05, 4.69) is 0 Å². The summed E-state index contributed by atoms with van der Waals surface area (Å²) in [5, 5.41) is 17.1. The first-order chi connectivity index (χ1) is 7.68. The van der Waals surface area contributed by atoms with Crippen LogP contribution in [0.5, 0.6) is 0 Å². The van der Waals surface area contributed by atoms with Crippen molar-refractivity contribution >= 4 is 7.60 Å². The second-order valence-electron chi connectivity index (χ2n) is 3.32. The van der Waals surface area contributed by atoms with Crippen LogP contribution in [-0.2, 0) is 13.6 Å². The van der Waals surface area contributed by atoms with E-state index in [0.29, 0.717) is 25.7 Å². The smallest absolute Gasteiger partial charge is 0.344 e. The van der Waals surface area contributed by atoms with Gasteiger partial charge in [0.15, 0.2) is 0 Å². The molecule has 7 heteroatoms. The van der Waals surface area contributed by atoms with Crippen molar-refractivity contribution < 1.29 is 23.8 Å². The van der Waals surface area contributed by atoms with Gasteiger partial charge in [-0.1, -0.05) is 0 Å². The van der Waals surface area contributed by atoms with E-state index in [1.165, 1.54) is 0 Å². The topological polar surface area (TPSA) is 102 Å². The van der Waals surface area contributed by atoms with Crippen molar-refractivity contribution in [1.82, 2.24) is 0 Å². The molecule has 0 bridgehead atoms. The van der Waals surface area contributed by atoms with Gasteiger partial charge in [0, 0.05) is 13.2 Å². The summed E-state index contributed by atoms with van der Waals surface area (Å²) in [5.74, 6) is 0. The fourth-order valence-electron chi connectivity index (χ4n) is 0.978. The Labute approximate surface area is 96.3 Å². The van der Waals surface area contributed by atoms with E-state index in [4.69, 9.17) is 25.0 Å². The fourth-order valence-corrected chi connectivity index (χ4v) is 2.08. The van der Waals surface area contributed by atoms with Crippen LogP contribution < -0.4 is 5.73 Å². The lowest BCUT2D eigenvalue weighted by Crippen LogP contribution is -2.09. The molecule has 0 aromatic carbocycles. The number of hydrogen-bond donors (Lipinski definition) is 3. The van der Waals surface area contributed by atoms with Crippen molar-refractivity contribution in [3.63, 3.8) is 0 Å². The molecule has 0 atom stereocenters. The fraction of sp³-hybridized carbons (Fsp3) is 1.00. The Bertz CT molecular complexity index is 186. The summed E-state index contributed by atoms with van der Waals surface area (Å²) in [7, 11) is -3.17. The molecular formula is C9H22NO5P. The molecule has 0 unspecified atom stereocenters. The van der Waals surface area contributed by atoms with E-state index in [0.717, 1.165) is 0 Å². The molecule has 0 amide bonds. The number of unbranched alkanes of at least 4 members (excludes halogenated alkanes) is 2. The van der Waals surface area contributed by atoms with Crippen LogP contribution >= 0.6 is 7.60 Å². The highest BCUT2D eigenvalue weighted by Gasteiger charge is 2.21. The highest BCUT2D eigenvalue weighted by atomic mass is 31.2. The number of aliphatic hydroxyl groups is 2. The van der Waals surface area contributed by atoms with Crippen LogP contribution in [0.15, 0.2) is 0 Å². The zero-order valence-electron chi connectivity index (χ0n) is 9.51.